The molecule has 0 saturated heterocycles. The van der Waals surface area contributed by atoms with Crippen LogP contribution in [0.2, 0.25) is 0 Å². The summed E-state index contributed by atoms with van der Waals surface area (Å²) in [5.41, 5.74) is 1.25. The van der Waals surface area contributed by atoms with Crippen LogP contribution >= 0.6 is 0 Å². The molecule has 2 aromatic carbocycles. The molecule has 0 aliphatic heterocycles. The van der Waals surface area contributed by atoms with Gasteiger partial charge >= 0.3 is 17.6 Å². The van der Waals surface area contributed by atoms with Crippen LogP contribution in [-0.2, 0) is 9.59 Å². The molecule has 0 fully saturated rings. The molecule has 1 aromatic heterocycles. The van der Waals surface area contributed by atoms with Gasteiger partial charge in [-0.25, -0.2) is 14.4 Å². The number of rotatable bonds is 5. The highest BCUT2D eigenvalue weighted by Crippen LogP contribution is 2.26. The van der Waals surface area contributed by atoms with Gasteiger partial charge in [-0.1, -0.05) is 25.3 Å². The third-order valence-electron chi connectivity index (χ3n) is 3.99. The fourth-order valence-electron chi connectivity index (χ4n) is 2.45. The Balaban J connectivity index is 1.90. The van der Waals surface area contributed by atoms with Crippen molar-refractivity contribution in [3.8, 4) is 22.6 Å². The van der Waals surface area contributed by atoms with Gasteiger partial charge in [0.2, 0.25) is 0 Å². The smallest absolute Gasteiger partial charge is 0.344 e. The van der Waals surface area contributed by atoms with Crippen LogP contribution in [0.5, 0.6) is 11.5 Å². The summed E-state index contributed by atoms with van der Waals surface area (Å²) in [4.78, 5) is 35.7. The van der Waals surface area contributed by atoms with Crippen LogP contribution in [0.3, 0.4) is 0 Å². The van der Waals surface area contributed by atoms with Crippen molar-refractivity contribution < 1.29 is 23.5 Å². The summed E-state index contributed by atoms with van der Waals surface area (Å²) in [6.07, 6.45) is 0. The van der Waals surface area contributed by atoms with Crippen molar-refractivity contribution in [3.05, 3.63) is 83.3 Å². The van der Waals surface area contributed by atoms with E-state index in [-0.39, 0.29) is 22.5 Å². The van der Waals surface area contributed by atoms with E-state index in [9.17, 15) is 14.4 Å². The predicted molar refractivity (Wildman–Crippen MR) is 109 cm³/mol. The number of carbonyl (C=O) groups excluding carboxylic acids is 2. The first kappa shape index (κ1) is 19.8. The molecular weight excluding hydrogens is 372 g/mol. The number of benzene rings is 2. The third kappa shape index (κ3) is 4.50. The van der Waals surface area contributed by atoms with E-state index in [4.69, 9.17) is 13.9 Å². The molecule has 3 rings (SSSR count). The van der Waals surface area contributed by atoms with E-state index in [1.807, 2.05) is 0 Å². The molecule has 0 bridgehead atoms. The first-order chi connectivity index (χ1) is 13.7. The lowest BCUT2D eigenvalue weighted by Gasteiger charge is -2.07. The number of esters is 2. The Hall–Kier alpha value is -3.93. The molecule has 1 heterocycles. The maximum atomic E-state index is 12.4. The fourth-order valence-corrected chi connectivity index (χ4v) is 2.45. The van der Waals surface area contributed by atoms with E-state index in [1.165, 1.54) is 6.07 Å². The van der Waals surface area contributed by atoms with E-state index >= 15 is 0 Å². The standard InChI is InChI=1S/C23H18O6/c1-13(2)21(24)27-17-8-5-15(6-9-17)19-11-16-7-10-18(28-22(25)14(3)4)12-20(16)29-23(19)26/h5-12H,1,3H2,2,4H3. The second kappa shape index (κ2) is 7.98. The molecule has 0 N–H and O–H groups in total. The average molecular weight is 390 g/mol. The van der Waals surface area contributed by atoms with Crippen LogP contribution in [0.1, 0.15) is 13.8 Å². The second-order valence-electron chi connectivity index (χ2n) is 6.51. The van der Waals surface area contributed by atoms with Crippen LogP contribution in [0, 0.1) is 0 Å². The Bertz CT molecular complexity index is 1200. The van der Waals surface area contributed by atoms with Crippen molar-refractivity contribution in [2.24, 2.45) is 0 Å². The quantitative estimate of drug-likeness (QED) is 0.278. The maximum Gasteiger partial charge on any atom is 0.344 e. The molecule has 3 aromatic rings. The Morgan fingerprint density at radius 2 is 1.38 bits per heavy atom. The molecule has 6 heteroatoms. The predicted octanol–water partition coefficient (Wildman–Crippen LogP) is 4.42. The van der Waals surface area contributed by atoms with Gasteiger partial charge in [-0.15, -0.1) is 0 Å². The van der Waals surface area contributed by atoms with E-state index in [2.05, 4.69) is 13.2 Å². The van der Waals surface area contributed by atoms with Crippen molar-refractivity contribution in [3.63, 3.8) is 0 Å². The minimum Gasteiger partial charge on any atom is -0.423 e. The van der Waals surface area contributed by atoms with Crippen molar-refractivity contribution in [1.29, 1.82) is 0 Å². The molecule has 0 amide bonds. The molecule has 146 valence electrons. The Labute approximate surface area is 166 Å². The number of ether oxygens (including phenoxy) is 2. The van der Waals surface area contributed by atoms with Crippen LogP contribution in [-0.4, -0.2) is 11.9 Å². The normalized spacial score (nSPS) is 10.4. The van der Waals surface area contributed by atoms with Gasteiger partial charge in [0, 0.05) is 22.6 Å². The maximum absolute atomic E-state index is 12.4. The molecular formula is C23H18O6. The second-order valence-corrected chi connectivity index (χ2v) is 6.51. The van der Waals surface area contributed by atoms with Gasteiger partial charge in [-0.05, 0) is 49.7 Å². The van der Waals surface area contributed by atoms with Gasteiger partial charge in [0.15, 0.2) is 0 Å². The van der Waals surface area contributed by atoms with E-state index in [0.29, 0.717) is 22.3 Å². The molecule has 0 atom stereocenters. The lowest BCUT2D eigenvalue weighted by molar-refractivity contribution is -0.130. The first-order valence-electron chi connectivity index (χ1n) is 8.68. The summed E-state index contributed by atoms with van der Waals surface area (Å²) >= 11 is 0. The molecule has 6 nitrogen and oxygen atoms in total. The van der Waals surface area contributed by atoms with E-state index in [1.54, 1.807) is 56.3 Å². The molecule has 0 aliphatic carbocycles. The topological polar surface area (TPSA) is 82.8 Å². The third-order valence-corrected chi connectivity index (χ3v) is 3.99. The summed E-state index contributed by atoms with van der Waals surface area (Å²) in [6, 6.07) is 12.9. The Morgan fingerprint density at radius 1 is 0.828 bits per heavy atom. The molecule has 0 radical (unpaired) electrons. The summed E-state index contributed by atoms with van der Waals surface area (Å²) in [5, 5.41) is 0.660. The lowest BCUT2D eigenvalue weighted by atomic mass is 10.1. The highest BCUT2D eigenvalue weighted by atomic mass is 16.5. The summed E-state index contributed by atoms with van der Waals surface area (Å²) in [6.45, 7) is 10.2. The number of fused-ring (bicyclic) bond motifs is 1. The van der Waals surface area contributed by atoms with Gasteiger partial charge in [-0.3, -0.25) is 0 Å². The van der Waals surface area contributed by atoms with Crippen molar-refractivity contribution in [2.75, 3.05) is 0 Å². The molecule has 29 heavy (non-hydrogen) atoms. The molecule has 0 spiro atoms. The van der Waals surface area contributed by atoms with Gasteiger partial charge in [0.25, 0.3) is 0 Å². The zero-order chi connectivity index (χ0) is 21.1. The van der Waals surface area contributed by atoms with Crippen LogP contribution in [0.15, 0.2) is 82.0 Å². The Kier molecular flexibility index (Phi) is 5.45. The average Bonchev–Trinajstić information content (AvgIpc) is 2.68. The summed E-state index contributed by atoms with van der Waals surface area (Å²) < 4.78 is 15.7. The minimum atomic E-state index is -0.559. The van der Waals surface area contributed by atoms with E-state index in [0.717, 1.165) is 0 Å². The van der Waals surface area contributed by atoms with Crippen LogP contribution in [0.25, 0.3) is 22.1 Å². The van der Waals surface area contributed by atoms with Crippen LogP contribution < -0.4 is 15.1 Å². The highest BCUT2D eigenvalue weighted by Gasteiger charge is 2.12. The van der Waals surface area contributed by atoms with Crippen LogP contribution in [0.4, 0.5) is 0 Å². The molecule has 0 saturated carbocycles. The zero-order valence-corrected chi connectivity index (χ0v) is 16.0. The number of hydrogen-bond donors (Lipinski definition) is 0. The largest absolute Gasteiger partial charge is 0.423 e. The Morgan fingerprint density at radius 3 is 1.97 bits per heavy atom. The van der Waals surface area contributed by atoms with Gasteiger partial charge in [-0.2, -0.15) is 0 Å². The summed E-state index contributed by atoms with van der Waals surface area (Å²) in [7, 11) is 0. The van der Waals surface area contributed by atoms with Crippen molar-refractivity contribution in [2.45, 2.75) is 13.8 Å². The SMILES string of the molecule is C=C(C)C(=O)Oc1ccc(-c2cc3ccc(OC(=O)C(=C)C)cc3oc2=O)cc1. The van der Waals surface area contributed by atoms with Gasteiger partial charge < -0.3 is 13.9 Å². The molecule has 0 aliphatic rings. The lowest BCUT2D eigenvalue weighted by Crippen LogP contribution is -2.08. The van der Waals surface area contributed by atoms with Crippen molar-refractivity contribution in [1.82, 2.24) is 0 Å². The zero-order valence-electron chi connectivity index (χ0n) is 16.0. The van der Waals surface area contributed by atoms with Gasteiger partial charge in [0.05, 0.1) is 5.56 Å². The summed E-state index contributed by atoms with van der Waals surface area (Å²) in [5.74, 6) is -0.483. The monoisotopic (exact) mass is 390 g/mol. The minimum absolute atomic E-state index is 0.255. The first-order valence-corrected chi connectivity index (χ1v) is 8.68. The number of carbonyl (C=O) groups is 2. The highest BCUT2D eigenvalue weighted by molar-refractivity contribution is 5.90. The fraction of sp³-hybridized carbons (Fsp3) is 0.0870. The number of hydrogen-bond acceptors (Lipinski definition) is 6. The van der Waals surface area contributed by atoms with Crippen molar-refractivity contribution >= 4 is 22.9 Å². The van der Waals surface area contributed by atoms with E-state index < -0.39 is 17.6 Å². The molecule has 0 unspecified atom stereocenters. The van der Waals surface area contributed by atoms with Gasteiger partial charge in [0.1, 0.15) is 17.1 Å².